The van der Waals surface area contributed by atoms with Gasteiger partial charge in [-0.3, -0.25) is 9.36 Å². The Morgan fingerprint density at radius 2 is 1.60 bits per heavy atom. The van der Waals surface area contributed by atoms with Crippen LogP contribution in [0.3, 0.4) is 0 Å². The predicted octanol–water partition coefficient (Wildman–Crippen LogP) is 5.65. The molecule has 43 heavy (non-hydrogen) atoms. The maximum atomic E-state index is 14.1. The first-order valence-corrected chi connectivity index (χ1v) is 14.6. The minimum atomic E-state index is -0.737. The van der Waals surface area contributed by atoms with Gasteiger partial charge < -0.3 is 9.47 Å². The summed E-state index contributed by atoms with van der Waals surface area (Å²) in [6, 6.07) is 31.7. The number of esters is 1. The maximum absolute atomic E-state index is 14.1. The first-order valence-electron chi connectivity index (χ1n) is 13.8. The summed E-state index contributed by atoms with van der Waals surface area (Å²) in [7, 11) is 0. The van der Waals surface area contributed by atoms with Gasteiger partial charge in [-0.1, -0.05) is 102 Å². The molecule has 0 unspecified atom stereocenters. The van der Waals surface area contributed by atoms with Crippen LogP contribution in [-0.4, -0.2) is 17.1 Å². The molecule has 0 saturated carbocycles. The summed E-state index contributed by atoms with van der Waals surface area (Å²) in [5.41, 5.74) is 3.55. The van der Waals surface area contributed by atoms with E-state index in [-0.39, 0.29) is 24.6 Å². The normalized spacial score (nSPS) is 14.7. The van der Waals surface area contributed by atoms with Crippen LogP contribution in [0.15, 0.2) is 125 Å². The molecule has 6 nitrogen and oxygen atoms in total. The van der Waals surface area contributed by atoms with Gasteiger partial charge in [-0.15, -0.1) is 0 Å². The molecule has 0 aliphatic carbocycles. The van der Waals surface area contributed by atoms with Gasteiger partial charge >= 0.3 is 5.97 Å². The number of nitrogens with zero attached hydrogens (tertiary/aromatic N) is 2. The largest absolute Gasteiger partial charge is 0.488 e. The summed E-state index contributed by atoms with van der Waals surface area (Å²) in [5.74, 6) is -0.253. The standard InChI is InChI=1S/C35H27FN2O4S/c1-2-41-34(40)30-31(24-11-5-3-6-12-24)37-35-38(32(30)25-13-7-4-8-14-25)33(39)29(43-35)21-26-15-9-10-16-28(26)42-22-23-17-19-27(36)20-18-23/h3-21,32H,2,22H2,1H3/b29-21-/t32-/m1/s1. The van der Waals surface area contributed by atoms with E-state index in [2.05, 4.69) is 0 Å². The summed E-state index contributed by atoms with van der Waals surface area (Å²) in [4.78, 5) is 33.0. The fourth-order valence-corrected chi connectivity index (χ4v) is 6.00. The first-order chi connectivity index (χ1) is 21.0. The smallest absolute Gasteiger partial charge is 0.338 e. The number of fused-ring (bicyclic) bond motifs is 1. The van der Waals surface area contributed by atoms with Crippen LogP contribution in [0.1, 0.15) is 35.2 Å². The van der Waals surface area contributed by atoms with E-state index in [1.54, 1.807) is 29.7 Å². The Morgan fingerprint density at radius 3 is 2.33 bits per heavy atom. The van der Waals surface area contributed by atoms with Crippen molar-refractivity contribution in [3.8, 4) is 5.75 Å². The zero-order valence-electron chi connectivity index (χ0n) is 23.3. The lowest BCUT2D eigenvalue weighted by Crippen LogP contribution is -2.40. The molecule has 214 valence electrons. The van der Waals surface area contributed by atoms with E-state index in [1.807, 2.05) is 84.9 Å². The molecule has 4 aromatic carbocycles. The Hall–Kier alpha value is -5.08. The number of para-hydroxylation sites is 1. The van der Waals surface area contributed by atoms with Crippen molar-refractivity contribution in [2.75, 3.05) is 6.61 Å². The molecule has 1 aliphatic heterocycles. The number of carbonyl (C=O) groups excluding carboxylic acids is 1. The van der Waals surface area contributed by atoms with Crippen molar-refractivity contribution in [2.24, 2.45) is 4.99 Å². The second kappa shape index (κ2) is 12.4. The molecule has 0 fully saturated rings. The molecule has 0 saturated heterocycles. The summed E-state index contributed by atoms with van der Waals surface area (Å²) in [5, 5.41) is 0. The molecule has 0 N–H and O–H groups in total. The SMILES string of the molecule is CCOC(=O)C1=C(c2ccccc2)N=c2s/c(=C\c3ccccc3OCc3ccc(F)cc3)c(=O)n2[C@@H]1c1ccccc1. The number of hydrogen-bond acceptors (Lipinski definition) is 6. The summed E-state index contributed by atoms with van der Waals surface area (Å²) in [6.07, 6.45) is 1.78. The van der Waals surface area contributed by atoms with Crippen molar-refractivity contribution in [2.45, 2.75) is 19.6 Å². The zero-order valence-corrected chi connectivity index (χ0v) is 24.1. The van der Waals surface area contributed by atoms with Gasteiger partial charge in [0, 0.05) is 11.1 Å². The Bertz CT molecular complexity index is 1980. The van der Waals surface area contributed by atoms with Crippen LogP contribution < -0.4 is 19.6 Å². The van der Waals surface area contributed by atoms with Gasteiger partial charge in [-0.2, -0.15) is 0 Å². The van der Waals surface area contributed by atoms with Gasteiger partial charge in [-0.05, 0) is 42.3 Å². The van der Waals surface area contributed by atoms with Crippen LogP contribution >= 0.6 is 11.3 Å². The summed E-state index contributed by atoms with van der Waals surface area (Å²) in [6.45, 7) is 2.18. The molecule has 0 amide bonds. The number of rotatable bonds is 8. The number of carbonyl (C=O) groups is 1. The number of thiazole rings is 1. The monoisotopic (exact) mass is 590 g/mol. The van der Waals surface area contributed by atoms with Crippen LogP contribution in [0.5, 0.6) is 5.75 Å². The predicted molar refractivity (Wildman–Crippen MR) is 165 cm³/mol. The van der Waals surface area contributed by atoms with E-state index >= 15 is 0 Å². The lowest BCUT2D eigenvalue weighted by atomic mass is 9.93. The molecular weight excluding hydrogens is 563 g/mol. The van der Waals surface area contributed by atoms with Crippen molar-refractivity contribution in [3.63, 3.8) is 0 Å². The molecule has 0 bridgehead atoms. The lowest BCUT2D eigenvalue weighted by molar-refractivity contribution is -0.138. The highest BCUT2D eigenvalue weighted by molar-refractivity contribution is 7.07. The van der Waals surface area contributed by atoms with Crippen LogP contribution in [0, 0.1) is 5.82 Å². The third kappa shape index (κ3) is 5.82. The summed E-state index contributed by atoms with van der Waals surface area (Å²) < 4.78 is 26.9. The van der Waals surface area contributed by atoms with E-state index in [0.717, 1.165) is 16.7 Å². The van der Waals surface area contributed by atoms with Crippen molar-refractivity contribution >= 4 is 29.1 Å². The molecule has 5 aromatic rings. The van der Waals surface area contributed by atoms with E-state index in [0.29, 0.717) is 31.9 Å². The molecular formula is C35H27FN2O4S. The van der Waals surface area contributed by atoms with Crippen LogP contribution in [0.2, 0.25) is 0 Å². The average Bonchev–Trinajstić information content (AvgIpc) is 3.35. The highest BCUT2D eigenvalue weighted by Gasteiger charge is 2.35. The molecule has 0 radical (unpaired) electrons. The molecule has 1 aromatic heterocycles. The van der Waals surface area contributed by atoms with Crippen LogP contribution in [-0.2, 0) is 16.1 Å². The first kappa shape index (κ1) is 28.1. The highest BCUT2D eigenvalue weighted by Crippen LogP contribution is 2.35. The average molecular weight is 591 g/mol. The van der Waals surface area contributed by atoms with Gasteiger partial charge in [0.1, 0.15) is 18.2 Å². The number of halogens is 1. The van der Waals surface area contributed by atoms with Gasteiger partial charge in [-0.25, -0.2) is 14.2 Å². The van der Waals surface area contributed by atoms with Gasteiger partial charge in [0.2, 0.25) is 0 Å². The zero-order chi connectivity index (χ0) is 29.8. The Morgan fingerprint density at radius 1 is 0.930 bits per heavy atom. The summed E-state index contributed by atoms with van der Waals surface area (Å²) >= 11 is 1.25. The molecule has 1 atom stereocenters. The maximum Gasteiger partial charge on any atom is 0.338 e. The van der Waals surface area contributed by atoms with Crippen LogP contribution in [0.4, 0.5) is 4.39 Å². The fraction of sp³-hybridized carbons (Fsp3) is 0.114. The number of aromatic nitrogens is 1. The second-order valence-electron chi connectivity index (χ2n) is 9.80. The van der Waals surface area contributed by atoms with Crippen molar-refractivity contribution in [1.82, 2.24) is 4.57 Å². The lowest BCUT2D eigenvalue weighted by Gasteiger charge is -2.25. The van der Waals surface area contributed by atoms with Gasteiger partial charge in [0.25, 0.3) is 5.56 Å². The number of hydrogen-bond donors (Lipinski definition) is 0. The van der Waals surface area contributed by atoms with E-state index in [4.69, 9.17) is 14.5 Å². The molecule has 0 spiro atoms. The minimum Gasteiger partial charge on any atom is -0.488 e. The number of ether oxygens (including phenoxy) is 2. The second-order valence-corrected chi connectivity index (χ2v) is 10.8. The van der Waals surface area contributed by atoms with Gasteiger partial charge in [0.15, 0.2) is 4.80 Å². The van der Waals surface area contributed by atoms with E-state index < -0.39 is 12.0 Å². The quantitative estimate of drug-likeness (QED) is 0.219. The molecule has 6 rings (SSSR count). The van der Waals surface area contributed by atoms with Crippen LogP contribution in [0.25, 0.3) is 11.8 Å². The minimum absolute atomic E-state index is 0.186. The van der Waals surface area contributed by atoms with Crippen molar-refractivity contribution in [3.05, 3.63) is 163 Å². The van der Waals surface area contributed by atoms with Gasteiger partial charge in [0.05, 0.1) is 28.5 Å². The molecule has 2 heterocycles. The third-order valence-electron chi connectivity index (χ3n) is 7.00. The molecule has 1 aliphatic rings. The fourth-order valence-electron chi connectivity index (χ4n) is 5.01. The van der Waals surface area contributed by atoms with E-state index in [9.17, 15) is 14.0 Å². The van der Waals surface area contributed by atoms with Crippen molar-refractivity contribution < 1.29 is 18.7 Å². The van der Waals surface area contributed by atoms with Crippen molar-refractivity contribution in [1.29, 1.82) is 0 Å². The highest BCUT2D eigenvalue weighted by atomic mass is 32.1. The topological polar surface area (TPSA) is 69.9 Å². The van der Waals surface area contributed by atoms with E-state index in [1.165, 1.54) is 23.5 Å². The molecule has 8 heteroatoms. The third-order valence-corrected chi connectivity index (χ3v) is 7.99. The Kier molecular flexibility index (Phi) is 8.11. The Balaban J connectivity index is 1.51. The Labute approximate surface area is 251 Å². The number of benzene rings is 4.